The topological polar surface area (TPSA) is 9.23 Å². The van der Waals surface area contributed by atoms with Gasteiger partial charge in [-0.05, 0) is 87.0 Å². The van der Waals surface area contributed by atoms with E-state index in [2.05, 4.69) is 6.08 Å². The molecule has 30 heavy (non-hydrogen) atoms. The summed E-state index contributed by atoms with van der Waals surface area (Å²) in [7, 11) is 0. The van der Waals surface area contributed by atoms with Crippen molar-refractivity contribution in [1.29, 1.82) is 0 Å². The molecule has 3 rings (SSSR count). The zero-order chi connectivity index (χ0) is 21.3. The van der Waals surface area contributed by atoms with Crippen molar-refractivity contribution in [2.75, 3.05) is 13.3 Å². The normalized spacial score (nSPS) is 19.3. The number of benzene rings is 2. The van der Waals surface area contributed by atoms with E-state index < -0.39 is 11.6 Å². The molecule has 0 aliphatic heterocycles. The van der Waals surface area contributed by atoms with E-state index >= 15 is 0 Å². The van der Waals surface area contributed by atoms with Crippen LogP contribution in [0.25, 0.3) is 11.1 Å². The average Bonchev–Trinajstić information content (AvgIpc) is 2.78. The van der Waals surface area contributed by atoms with Crippen molar-refractivity contribution in [3.63, 3.8) is 0 Å². The third kappa shape index (κ3) is 5.68. The molecule has 162 valence electrons. The summed E-state index contributed by atoms with van der Waals surface area (Å²) in [5.74, 6) is -0.577. The fraction of sp³-hybridized carbons (Fsp3) is 0.462. The maximum atomic E-state index is 14.5. The summed E-state index contributed by atoms with van der Waals surface area (Å²) in [6.07, 6.45) is 11.5. The van der Waals surface area contributed by atoms with Crippen molar-refractivity contribution in [3.05, 3.63) is 65.7 Å². The minimum Gasteiger partial charge on any atom is -0.491 e. The van der Waals surface area contributed by atoms with Crippen molar-refractivity contribution < 1.29 is 17.9 Å². The Kier molecular flexibility index (Phi) is 8.41. The smallest absolute Gasteiger partial charge is 0.201 e. The molecule has 2 aromatic rings. The minimum absolute atomic E-state index is 0.0509. The van der Waals surface area contributed by atoms with Gasteiger partial charge in [-0.3, -0.25) is 4.39 Å². The maximum Gasteiger partial charge on any atom is 0.201 e. The van der Waals surface area contributed by atoms with Crippen molar-refractivity contribution in [1.82, 2.24) is 0 Å². The minimum atomic E-state index is -0.934. The van der Waals surface area contributed by atoms with Crippen LogP contribution in [0.3, 0.4) is 0 Å². The Bertz CT molecular complexity index is 821. The summed E-state index contributed by atoms with van der Waals surface area (Å²) >= 11 is 0. The Morgan fingerprint density at radius 3 is 2.27 bits per heavy atom. The van der Waals surface area contributed by atoms with Crippen molar-refractivity contribution in [2.45, 2.75) is 57.8 Å². The third-order valence-electron chi connectivity index (χ3n) is 6.07. The number of alkyl halides is 1. The van der Waals surface area contributed by atoms with Gasteiger partial charge in [-0.2, -0.15) is 4.39 Å². The van der Waals surface area contributed by atoms with Gasteiger partial charge in [0, 0.05) is 5.56 Å². The molecule has 0 atom stereocenters. The Morgan fingerprint density at radius 1 is 0.900 bits per heavy atom. The zero-order valence-electron chi connectivity index (χ0n) is 17.7. The molecule has 0 bridgehead atoms. The van der Waals surface area contributed by atoms with Crippen LogP contribution in [-0.2, 0) is 0 Å². The predicted octanol–water partition coefficient (Wildman–Crippen LogP) is 8.00. The quantitative estimate of drug-likeness (QED) is 0.376. The number of hydrogen-bond donors (Lipinski definition) is 0. The highest BCUT2D eigenvalue weighted by Gasteiger charge is 2.22. The standard InChI is InChI=1S/C26H31F3O/c1-2-30-24-17-16-23(25(28)26(24)29)22-14-12-21(13-15-22)20-10-8-19(9-11-20)7-5-3-4-6-18-27/h3-4,12-17,19-20H,2,5-11,18H2,1H3. The second kappa shape index (κ2) is 11.2. The van der Waals surface area contributed by atoms with E-state index in [0.29, 0.717) is 24.5 Å². The molecular weight excluding hydrogens is 385 g/mol. The van der Waals surface area contributed by atoms with Gasteiger partial charge in [-0.15, -0.1) is 0 Å². The van der Waals surface area contributed by atoms with E-state index in [-0.39, 0.29) is 18.0 Å². The highest BCUT2D eigenvalue weighted by Crippen LogP contribution is 2.38. The monoisotopic (exact) mass is 416 g/mol. The molecule has 0 N–H and O–H groups in total. The SMILES string of the molecule is CCOc1ccc(-c2ccc(C3CCC(CCC=CCCF)CC3)cc2)c(F)c1F. The first kappa shape index (κ1) is 22.5. The lowest BCUT2D eigenvalue weighted by Gasteiger charge is -2.28. The highest BCUT2D eigenvalue weighted by atomic mass is 19.2. The molecule has 1 aliphatic rings. The summed E-state index contributed by atoms with van der Waals surface area (Å²) in [6.45, 7) is 1.76. The molecular formula is C26H31F3O. The largest absolute Gasteiger partial charge is 0.491 e. The van der Waals surface area contributed by atoms with E-state index in [9.17, 15) is 13.2 Å². The summed E-state index contributed by atoms with van der Waals surface area (Å²) in [6, 6.07) is 10.9. The molecule has 0 unspecified atom stereocenters. The number of allylic oxidation sites excluding steroid dienone is 2. The molecule has 0 aromatic heterocycles. The van der Waals surface area contributed by atoms with Gasteiger partial charge in [-0.25, -0.2) is 4.39 Å². The van der Waals surface area contributed by atoms with Crippen LogP contribution in [0.2, 0.25) is 0 Å². The predicted molar refractivity (Wildman–Crippen MR) is 117 cm³/mol. The van der Waals surface area contributed by atoms with Crippen LogP contribution in [0.1, 0.15) is 63.4 Å². The van der Waals surface area contributed by atoms with E-state index in [4.69, 9.17) is 4.74 Å². The summed E-state index contributed by atoms with van der Waals surface area (Å²) < 4.78 is 45.8. The molecule has 4 heteroatoms. The first-order chi connectivity index (χ1) is 14.6. The first-order valence-electron chi connectivity index (χ1n) is 11.1. The molecule has 0 amide bonds. The van der Waals surface area contributed by atoms with Crippen LogP contribution in [-0.4, -0.2) is 13.3 Å². The lowest BCUT2D eigenvalue weighted by molar-refractivity contribution is 0.312. The molecule has 0 heterocycles. The van der Waals surface area contributed by atoms with Crippen LogP contribution in [0.5, 0.6) is 5.75 Å². The van der Waals surface area contributed by atoms with E-state index in [1.165, 1.54) is 30.9 Å². The van der Waals surface area contributed by atoms with Gasteiger partial charge in [0.25, 0.3) is 0 Å². The number of ether oxygens (including phenoxy) is 1. The van der Waals surface area contributed by atoms with Gasteiger partial charge in [0.15, 0.2) is 11.6 Å². The van der Waals surface area contributed by atoms with Gasteiger partial charge in [-0.1, -0.05) is 36.4 Å². The number of rotatable bonds is 9. The summed E-state index contributed by atoms with van der Waals surface area (Å²) in [5.41, 5.74) is 2.20. The van der Waals surface area contributed by atoms with Gasteiger partial charge < -0.3 is 4.74 Å². The Hall–Kier alpha value is -2.23. The molecule has 1 fully saturated rings. The number of halogens is 3. The van der Waals surface area contributed by atoms with Crippen molar-refractivity contribution >= 4 is 0 Å². The molecule has 0 saturated heterocycles. The van der Waals surface area contributed by atoms with E-state index in [1.807, 2.05) is 30.3 Å². The summed E-state index contributed by atoms with van der Waals surface area (Å²) in [4.78, 5) is 0. The fourth-order valence-electron chi connectivity index (χ4n) is 4.37. The third-order valence-corrected chi connectivity index (χ3v) is 6.07. The lowest BCUT2D eigenvalue weighted by Crippen LogP contribution is -2.13. The molecule has 2 aromatic carbocycles. The van der Waals surface area contributed by atoms with Crippen LogP contribution in [0, 0.1) is 17.6 Å². The average molecular weight is 417 g/mol. The van der Waals surface area contributed by atoms with Gasteiger partial charge in [0.2, 0.25) is 5.82 Å². The maximum absolute atomic E-state index is 14.5. The number of hydrogen-bond acceptors (Lipinski definition) is 1. The van der Waals surface area contributed by atoms with Crippen LogP contribution in [0.15, 0.2) is 48.6 Å². The zero-order valence-corrected chi connectivity index (χ0v) is 17.7. The molecule has 0 spiro atoms. The Balaban J connectivity index is 1.57. The van der Waals surface area contributed by atoms with Gasteiger partial charge >= 0.3 is 0 Å². The van der Waals surface area contributed by atoms with E-state index in [1.54, 1.807) is 13.0 Å². The molecule has 0 radical (unpaired) electrons. The van der Waals surface area contributed by atoms with E-state index in [0.717, 1.165) is 25.2 Å². The Morgan fingerprint density at radius 2 is 1.60 bits per heavy atom. The van der Waals surface area contributed by atoms with Crippen LogP contribution >= 0.6 is 0 Å². The Labute approximate surface area is 178 Å². The van der Waals surface area contributed by atoms with Crippen LogP contribution < -0.4 is 4.74 Å². The molecule has 1 saturated carbocycles. The molecule has 1 nitrogen and oxygen atoms in total. The first-order valence-corrected chi connectivity index (χ1v) is 11.1. The molecule has 1 aliphatic carbocycles. The summed E-state index contributed by atoms with van der Waals surface area (Å²) in [5, 5.41) is 0. The van der Waals surface area contributed by atoms with Gasteiger partial charge in [0.1, 0.15) is 0 Å². The lowest BCUT2D eigenvalue weighted by atomic mass is 9.77. The second-order valence-electron chi connectivity index (χ2n) is 8.04. The van der Waals surface area contributed by atoms with Gasteiger partial charge in [0.05, 0.1) is 13.3 Å². The van der Waals surface area contributed by atoms with Crippen molar-refractivity contribution in [2.24, 2.45) is 5.92 Å². The fourth-order valence-corrected chi connectivity index (χ4v) is 4.37. The van der Waals surface area contributed by atoms with Crippen molar-refractivity contribution in [3.8, 4) is 16.9 Å². The highest BCUT2D eigenvalue weighted by molar-refractivity contribution is 5.65. The second-order valence-corrected chi connectivity index (χ2v) is 8.04. The van der Waals surface area contributed by atoms with Crippen LogP contribution in [0.4, 0.5) is 13.2 Å².